The van der Waals surface area contributed by atoms with Crippen LogP contribution < -0.4 is 5.32 Å². The molecule has 2 heterocycles. The van der Waals surface area contributed by atoms with E-state index < -0.39 is 29.2 Å². The minimum Gasteiger partial charge on any atom is -0.481 e. The lowest BCUT2D eigenvalue weighted by molar-refractivity contribution is -0.139. The second-order valence-corrected chi connectivity index (χ2v) is 6.55. The zero-order valence-electron chi connectivity index (χ0n) is 14.8. The lowest BCUT2D eigenvalue weighted by atomic mass is 9.85. The minimum atomic E-state index is -4.51. The maximum atomic E-state index is 12.6. The van der Waals surface area contributed by atoms with Crippen molar-refractivity contribution in [2.45, 2.75) is 38.9 Å². The molecule has 2 aromatic heterocycles. The molecule has 8 nitrogen and oxygen atoms in total. The summed E-state index contributed by atoms with van der Waals surface area (Å²) in [5.74, 6) is -1.84. The van der Waals surface area contributed by atoms with Crippen molar-refractivity contribution in [1.82, 2.24) is 25.3 Å². The smallest absolute Gasteiger partial charge is 0.417 e. The van der Waals surface area contributed by atoms with E-state index in [0.29, 0.717) is 6.20 Å². The second-order valence-electron chi connectivity index (χ2n) is 6.55. The number of alkyl halides is 3. The number of carboxylic acids is 1. The van der Waals surface area contributed by atoms with Crippen molar-refractivity contribution in [3.63, 3.8) is 0 Å². The topological polar surface area (TPSA) is 110 Å². The van der Waals surface area contributed by atoms with E-state index in [1.807, 2.05) is 0 Å². The van der Waals surface area contributed by atoms with Crippen molar-refractivity contribution in [2.24, 2.45) is 5.92 Å². The van der Waals surface area contributed by atoms with Crippen molar-refractivity contribution < 1.29 is 27.9 Å². The van der Waals surface area contributed by atoms with Crippen molar-refractivity contribution in [3.05, 3.63) is 35.8 Å². The van der Waals surface area contributed by atoms with Crippen LogP contribution >= 0.6 is 0 Å². The van der Waals surface area contributed by atoms with Gasteiger partial charge in [0.25, 0.3) is 5.91 Å². The summed E-state index contributed by atoms with van der Waals surface area (Å²) in [6.07, 6.45) is -2.94. The Hall–Kier alpha value is -2.98. The summed E-state index contributed by atoms with van der Waals surface area (Å²) >= 11 is 0. The summed E-state index contributed by atoms with van der Waals surface area (Å²) in [6, 6.07) is 1.94. The molecule has 0 aliphatic heterocycles. The lowest BCUT2D eigenvalue weighted by Gasteiger charge is -2.33. The maximum absolute atomic E-state index is 12.6. The largest absolute Gasteiger partial charge is 0.481 e. The van der Waals surface area contributed by atoms with Crippen LogP contribution in [-0.4, -0.2) is 42.5 Å². The summed E-state index contributed by atoms with van der Waals surface area (Å²) in [7, 11) is 0. The number of hydrogen-bond donors (Lipinski definition) is 2. The zero-order valence-corrected chi connectivity index (χ0v) is 14.8. The van der Waals surface area contributed by atoms with Crippen LogP contribution in [0.3, 0.4) is 0 Å². The number of nitrogens with zero attached hydrogens (tertiary/aromatic N) is 4. The van der Waals surface area contributed by atoms with E-state index >= 15 is 0 Å². The number of amides is 1. The van der Waals surface area contributed by atoms with Crippen LogP contribution in [0.1, 0.15) is 43.2 Å². The number of aliphatic carboxylic acids is 1. The van der Waals surface area contributed by atoms with Gasteiger partial charge in [-0.15, -0.1) is 5.10 Å². The molecule has 0 bridgehead atoms. The third kappa shape index (κ3) is 4.80. The van der Waals surface area contributed by atoms with E-state index in [0.717, 1.165) is 16.8 Å². The Balaban J connectivity index is 2.19. The number of rotatable bonds is 6. The van der Waals surface area contributed by atoms with Gasteiger partial charge in [0.2, 0.25) is 0 Å². The molecule has 1 amide bonds. The fraction of sp³-hybridized carbons (Fsp3) is 0.438. The molecule has 1 unspecified atom stereocenters. The molecule has 2 N–H and O–H groups in total. The molecular weight excluding hydrogens is 367 g/mol. The molecule has 0 radical (unpaired) electrons. The van der Waals surface area contributed by atoms with E-state index in [2.05, 4.69) is 20.6 Å². The highest BCUT2D eigenvalue weighted by atomic mass is 19.4. The third-order valence-corrected chi connectivity index (χ3v) is 4.23. The molecule has 2 aromatic rings. The number of halogens is 3. The first kappa shape index (κ1) is 20.3. The fourth-order valence-corrected chi connectivity index (χ4v) is 2.20. The first-order chi connectivity index (χ1) is 12.4. The highest BCUT2D eigenvalue weighted by Crippen LogP contribution is 2.28. The van der Waals surface area contributed by atoms with E-state index in [4.69, 9.17) is 5.11 Å². The minimum absolute atomic E-state index is 0.0479. The summed E-state index contributed by atoms with van der Waals surface area (Å²) in [5, 5.41) is 19.0. The van der Waals surface area contributed by atoms with Crippen molar-refractivity contribution in [3.8, 4) is 5.82 Å². The number of pyridine rings is 1. The van der Waals surface area contributed by atoms with Crippen molar-refractivity contribution in [2.75, 3.05) is 0 Å². The predicted molar refractivity (Wildman–Crippen MR) is 87.1 cm³/mol. The Kier molecular flexibility index (Phi) is 5.52. The van der Waals surface area contributed by atoms with Crippen LogP contribution in [0.4, 0.5) is 13.2 Å². The molecule has 27 heavy (non-hydrogen) atoms. The summed E-state index contributed by atoms with van der Waals surface area (Å²) in [5.41, 5.74) is -2.04. The molecular formula is C16H18F3N5O3. The van der Waals surface area contributed by atoms with E-state index in [1.165, 1.54) is 6.20 Å². The Morgan fingerprint density at radius 2 is 1.96 bits per heavy atom. The van der Waals surface area contributed by atoms with Gasteiger partial charge >= 0.3 is 12.1 Å². The zero-order chi connectivity index (χ0) is 20.4. The number of aromatic nitrogens is 4. The normalized spacial score (nSPS) is 14.0. The van der Waals surface area contributed by atoms with Gasteiger partial charge in [-0.1, -0.05) is 19.1 Å². The molecule has 0 spiro atoms. The van der Waals surface area contributed by atoms with Gasteiger partial charge in [0.05, 0.1) is 23.7 Å². The summed E-state index contributed by atoms with van der Waals surface area (Å²) in [4.78, 5) is 27.1. The average Bonchev–Trinajstić information content (AvgIpc) is 3.03. The monoisotopic (exact) mass is 385 g/mol. The van der Waals surface area contributed by atoms with Gasteiger partial charge in [-0.3, -0.25) is 9.59 Å². The number of hydrogen-bond acceptors (Lipinski definition) is 5. The van der Waals surface area contributed by atoms with E-state index in [1.54, 1.807) is 20.8 Å². The molecule has 146 valence electrons. The highest BCUT2D eigenvalue weighted by Gasteiger charge is 2.34. The van der Waals surface area contributed by atoms with Gasteiger partial charge in [-0.25, -0.2) is 9.67 Å². The lowest BCUT2D eigenvalue weighted by Crippen LogP contribution is -2.51. The van der Waals surface area contributed by atoms with Crippen molar-refractivity contribution in [1.29, 1.82) is 0 Å². The highest BCUT2D eigenvalue weighted by molar-refractivity contribution is 5.92. The van der Waals surface area contributed by atoms with Crippen LogP contribution in [0.15, 0.2) is 24.5 Å². The van der Waals surface area contributed by atoms with Gasteiger partial charge in [-0.2, -0.15) is 13.2 Å². The Labute approximate surface area is 152 Å². The fourth-order valence-electron chi connectivity index (χ4n) is 2.20. The molecule has 11 heteroatoms. The maximum Gasteiger partial charge on any atom is 0.417 e. The molecule has 0 aliphatic carbocycles. The van der Waals surface area contributed by atoms with Gasteiger partial charge in [0.1, 0.15) is 0 Å². The van der Waals surface area contributed by atoms with Crippen LogP contribution in [-0.2, 0) is 11.0 Å². The molecule has 0 saturated heterocycles. The molecule has 0 saturated carbocycles. The van der Waals surface area contributed by atoms with Crippen LogP contribution in [0.25, 0.3) is 5.82 Å². The van der Waals surface area contributed by atoms with Gasteiger partial charge in [0, 0.05) is 6.20 Å². The number of nitrogens with one attached hydrogen (secondary N) is 1. The van der Waals surface area contributed by atoms with E-state index in [-0.39, 0.29) is 23.9 Å². The molecule has 0 aliphatic rings. The average molecular weight is 385 g/mol. The first-order valence-electron chi connectivity index (χ1n) is 7.92. The van der Waals surface area contributed by atoms with Gasteiger partial charge in [-0.05, 0) is 25.0 Å². The molecule has 0 fully saturated rings. The second kappa shape index (κ2) is 7.33. The van der Waals surface area contributed by atoms with Gasteiger partial charge in [0.15, 0.2) is 11.5 Å². The molecule has 1 atom stereocenters. The van der Waals surface area contributed by atoms with Crippen LogP contribution in [0.5, 0.6) is 0 Å². The van der Waals surface area contributed by atoms with Crippen molar-refractivity contribution >= 4 is 11.9 Å². The Morgan fingerprint density at radius 3 is 2.44 bits per heavy atom. The summed E-state index contributed by atoms with van der Waals surface area (Å²) < 4.78 is 38.8. The SMILES string of the molecule is CC(C)C(C)(CC(=O)O)NC(=O)c1cn(-c2ccc(C(F)(F)F)cn2)nn1. The Morgan fingerprint density at radius 1 is 1.30 bits per heavy atom. The molecule has 0 aromatic carbocycles. The third-order valence-electron chi connectivity index (χ3n) is 4.23. The standard InChI is InChI=1S/C16H18F3N5O3/c1-9(2)15(3,6-13(25)26)21-14(27)11-8-24(23-22-11)12-5-4-10(7-20-12)16(17,18)19/h4-5,7-9H,6H2,1-3H3,(H,21,27)(H,25,26). The number of carbonyl (C=O) groups is 2. The number of carboxylic acid groups (broad SMARTS) is 1. The molecule has 2 rings (SSSR count). The van der Waals surface area contributed by atoms with E-state index in [9.17, 15) is 22.8 Å². The van der Waals surface area contributed by atoms with Crippen LogP contribution in [0.2, 0.25) is 0 Å². The number of carbonyl (C=O) groups excluding carboxylic acids is 1. The van der Waals surface area contributed by atoms with Crippen LogP contribution in [0, 0.1) is 5.92 Å². The Bertz CT molecular complexity index is 833. The summed E-state index contributed by atoms with van der Waals surface area (Å²) in [6.45, 7) is 5.14. The van der Waals surface area contributed by atoms with Gasteiger partial charge < -0.3 is 10.4 Å². The predicted octanol–water partition coefficient (Wildman–Crippen LogP) is 2.30. The quantitative estimate of drug-likeness (QED) is 0.790. The first-order valence-corrected chi connectivity index (χ1v) is 7.92.